The van der Waals surface area contributed by atoms with Crippen molar-refractivity contribution in [1.29, 1.82) is 0 Å². The molecule has 0 aliphatic carbocycles. The lowest BCUT2D eigenvalue weighted by Gasteiger charge is -2.33. The van der Waals surface area contributed by atoms with Crippen LogP contribution < -0.4 is 0 Å². The highest BCUT2D eigenvalue weighted by atomic mass is 32.2. The highest BCUT2D eigenvalue weighted by molar-refractivity contribution is 7.91. The summed E-state index contributed by atoms with van der Waals surface area (Å²) in [5.41, 5.74) is 0.441. The van der Waals surface area contributed by atoms with E-state index in [-0.39, 0.29) is 41.9 Å². The number of rotatable bonds is 4. The van der Waals surface area contributed by atoms with Gasteiger partial charge in [0.2, 0.25) is 0 Å². The van der Waals surface area contributed by atoms with E-state index in [1.807, 2.05) is 0 Å². The van der Waals surface area contributed by atoms with Gasteiger partial charge in [-0.05, 0) is 26.0 Å². The first-order valence-corrected chi connectivity index (χ1v) is 10.2. The molecule has 2 aromatic heterocycles. The van der Waals surface area contributed by atoms with E-state index >= 15 is 0 Å². The molecular formula is C16H18N2O6S2. The van der Waals surface area contributed by atoms with E-state index < -0.39 is 16.0 Å². The zero-order valence-corrected chi connectivity index (χ0v) is 15.9. The van der Waals surface area contributed by atoms with E-state index in [4.69, 9.17) is 9.52 Å². The fourth-order valence-corrected chi connectivity index (χ4v) is 5.56. The van der Waals surface area contributed by atoms with Crippen molar-refractivity contribution < 1.29 is 27.5 Å². The molecule has 1 aliphatic rings. The van der Waals surface area contributed by atoms with Crippen molar-refractivity contribution in [2.75, 3.05) is 26.2 Å². The summed E-state index contributed by atoms with van der Waals surface area (Å²) in [6.45, 7) is 4.32. The van der Waals surface area contributed by atoms with Gasteiger partial charge in [0.25, 0.3) is 15.9 Å². The number of hydrogen-bond acceptors (Lipinski definition) is 6. The van der Waals surface area contributed by atoms with Crippen LogP contribution in [0.3, 0.4) is 0 Å². The molecule has 0 unspecified atom stereocenters. The fraction of sp³-hybridized carbons (Fsp3) is 0.375. The minimum Gasteiger partial charge on any atom is -0.478 e. The smallest absolute Gasteiger partial charge is 0.336 e. The summed E-state index contributed by atoms with van der Waals surface area (Å²) in [7, 11) is -3.76. The molecule has 0 saturated carbocycles. The van der Waals surface area contributed by atoms with Crippen LogP contribution in [-0.2, 0) is 10.0 Å². The van der Waals surface area contributed by atoms with Crippen LogP contribution in [0.25, 0.3) is 0 Å². The molecule has 3 heterocycles. The maximum absolute atomic E-state index is 12.7. The van der Waals surface area contributed by atoms with Crippen molar-refractivity contribution in [2.45, 2.75) is 18.1 Å². The molecule has 0 bridgehead atoms. The number of sulfonamides is 1. The molecule has 10 heteroatoms. The van der Waals surface area contributed by atoms with E-state index in [2.05, 4.69) is 0 Å². The molecule has 0 radical (unpaired) electrons. The van der Waals surface area contributed by atoms with Crippen molar-refractivity contribution in [3.8, 4) is 0 Å². The number of hydrogen-bond donors (Lipinski definition) is 1. The molecule has 3 rings (SSSR count). The third-order valence-corrected chi connectivity index (χ3v) is 7.53. The number of aryl methyl sites for hydroxylation is 2. The molecule has 1 saturated heterocycles. The van der Waals surface area contributed by atoms with Gasteiger partial charge in [0.05, 0.1) is 11.1 Å². The molecule has 26 heavy (non-hydrogen) atoms. The molecule has 1 amide bonds. The number of aromatic carboxylic acids is 1. The van der Waals surface area contributed by atoms with Gasteiger partial charge in [-0.3, -0.25) is 4.79 Å². The van der Waals surface area contributed by atoms with Crippen molar-refractivity contribution >= 4 is 33.2 Å². The van der Waals surface area contributed by atoms with Crippen LogP contribution in [0.4, 0.5) is 0 Å². The Hall–Kier alpha value is -2.17. The van der Waals surface area contributed by atoms with E-state index in [0.717, 1.165) is 17.4 Å². The Bertz CT molecular complexity index is 951. The number of amides is 1. The highest BCUT2D eigenvalue weighted by Crippen LogP contribution is 2.25. The Morgan fingerprint density at radius 3 is 2.31 bits per heavy atom. The average molecular weight is 398 g/mol. The van der Waals surface area contributed by atoms with Crippen molar-refractivity contribution in [3.05, 3.63) is 40.2 Å². The largest absolute Gasteiger partial charge is 0.478 e. The first-order valence-electron chi connectivity index (χ1n) is 7.88. The van der Waals surface area contributed by atoms with Crippen molar-refractivity contribution in [3.63, 3.8) is 0 Å². The molecule has 8 nitrogen and oxygen atoms in total. The second kappa shape index (κ2) is 6.86. The first-order chi connectivity index (χ1) is 12.2. The standard InChI is InChI=1S/C16H18N2O6S2/c1-10-7-13(11(2)24-10)15(19)17-3-5-18(6-4-17)26(22,23)14-8-12(9-25-14)16(20)21/h7-9H,3-6H2,1-2H3,(H,20,21). The van der Waals surface area contributed by atoms with E-state index in [1.54, 1.807) is 24.8 Å². The number of thiophene rings is 1. The van der Waals surface area contributed by atoms with Gasteiger partial charge < -0.3 is 14.4 Å². The lowest BCUT2D eigenvalue weighted by Crippen LogP contribution is -2.50. The topological polar surface area (TPSA) is 108 Å². The summed E-state index contributed by atoms with van der Waals surface area (Å²) in [5.74, 6) is -0.147. The SMILES string of the molecule is Cc1cc(C(=O)N2CCN(S(=O)(=O)c3cc(C(=O)O)cs3)CC2)c(C)o1. The van der Waals surface area contributed by atoms with Crippen LogP contribution >= 0.6 is 11.3 Å². The highest BCUT2D eigenvalue weighted by Gasteiger charge is 2.32. The van der Waals surface area contributed by atoms with Gasteiger partial charge in [-0.25, -0.2) is 13.2 Å². The van der Waals surface area contributed by atoms with Gasteiger partial charge in [0, 0.05) is 31.6 Å². The Labute approximate surface area is 154 Å². The van der Waals surface area contributed by atoms with Gasteiger partial charge in [-0.1, -0.05) is 0 Å². The van der Waals surface area contributed by atoms with Gasteiger partial charge in [-0.15, -0.1) is 11.3 Å². The summed E-state index contributed by atoms with van der Waals surface area (Å²) < 4.78 is 32.0. The lowest BCUT2D eigenvalue weighted by molar-refractivity contribution is 0.0687. The van der Waals surface area contributed by atoms with Crippen LogP contribution in [0.5, 0.6) is 0 Å². The third kappa shape index (κ3) is 3.39. The maximum Gasteiger partial charge on any atom is 0.336 e. The number of furan rings is 1. The Morgan fingerprint density at radius 1 is 1.15 bits per heavy atom. The molecular weight excluding hydrogens is 380 g/mol. The van der Waals surface area contributed by atoms with Gasteiger partial charge in [-0.2, -0.15) is 4.31 Å². The normalized spacial score (nSPS) is 16.0. The number of carboxylic acids is 1. The van der Waals surface area contributed by atoms with Crippen LogP contribution in [0.1, 0.15) is 32.2 Å². The number of carboxylic acid groups (broad SMARTS) is 1. The molecule has 0 spiro atoms. The van der Waals surface area contributed by atoms with Crippen molar-refractivity contribution in [1.82, 2.24) is 9.21 Å². The minimum absolute atomic E-state index is 0.00372. The second-order valence-corrected chi connectivity index (χ2v) is 9.06. The molecule has 2 aromatic rings. The Morgan fingerprint density at radius 2 is 1.81 bits per heavy atom. The first kappa shape index (κ1) is 18.6. The lowest BCUT2D eigenvalue weighted by atomic mass is 10.2. The molecule has 0 aromatic carbocycles. The number of piperazine rings is 1. The number of carbonyl (C=O) groups is 2. The third-order valence-electron chi connectivity index (χ3n) is 4.21. The zero-order chi connectivity index (χ0) is 19.1. The monoisotopic (exact) mass is 398 g/mol. The van der Waals surface area contributed by atoms with Crippen molar-refractivity contribution in [2.24, 2.45) is 0 Å². The Kier molecular flexibility index (Phi) is 4.91. The van der Waals surface area contributed by atoms with Gasteiger partial charge in [0.1, 0.15) is 15.7 Å². The zero-order valence-electron chi connectivity index (χ0n) is 14.3. The quantitative estimate of drug-likeness (QED) is 0.841. The minimum atomic E-state index is -3.76. The molecule has 140 valence electrons. The van der Waals surface area contributed by atoms with E-state index in [9.17, 15) is 18.0 Å². The second-order valence-electron chi connectivity index (χ2n) is 5.98. The summed E-state index contributed by atoms with van der Waals surface area (Å²) in [4.78, 5) is 25.1. The summed E-state index contributed by atoms with van der Waals surface area (Å²) >= 11 is 0.884. The summed E-state index contributed by atoms with van der Waals surface area (Å²) in [6, 6.07) is 2.84. The van der Waals surface area contributed by atoms with Crippen LogP contribution in [0.2, 0.25) is 0 Å². The molecule has 0 atom stereocenters. The molecule has 1 fully saturated rings. The number of nitrogens with zero attached hydrogens (tertiary/aromatic N) is 2. The van der Waals surface area contributed by atoms with Gasteiger partial charge in [0.15, 0.2) is 0 Å². The molecule has 1 aliphatic heterocycles. The van der Waals surface area contributed by atoms with E-state index in [0.29, 0.717) is 17.1 Å². The predicted molar refractivity (Wildman–Crippen MR) is 94.1 cm³/mol. The predicted octanol–water partition coefficient (Wildman–Crippen LogP) is 1.80. The van der Waals surface area contributed by atoms with E-state index in [1.165, 1.54) is 9.69 Å². The van der Waals surface area contributed by atoms with Crippen LogP contribution in [0, 0.1) is 13.8 Å². The summed E-state index contributed by atoms with van der Waals surface area (Å²) in [6.07, 6.45) is 0. The van der Waals surface area contributed by atoms with Crippen LogP contribution in [0.15, 0.2) is 26.1 Å². The summed E-state index contributed by atoms with van der Waals surface area (Å²) in [5, 5.41) is 10.3. The van der Waals surface area contributed by atoms with Crippen LogP contribution in [-0.4, -0.2) is 60.8 Å². The fourth-order valence-electron chi connectivity index (χ4n) is 2.84. The Balaban J connectivity index is 1.70. The number of carbonyl (C=O) groups excluding carboxylic acids is 1. The van der Waals surface area contributed by atoms with Gasteiger partial charge >= 0.3 is 5.97 Å². The molecule has 1 N–H and O–H groups in total. The average Bonchev–Trinajstić information content (AvgIpc) is 3.21. The maximum atomic E-state index is 12.7.